The molecule has 0 saturated heterocycles. The maximum atomic E-state index is 10.5. The molecule has 4 rings (SSSR count). The Balaban J connectivity index is 1.95. The van der Waals surface area contributed by atoms with Crippen LogP contribution < -0.4 is 4.90 Å². The zero-order chi connectivity index (χ0) is 16.1. The SMILES string of the molecule is Cc1ccc2[nH]c3c(c2c1O)C=C(c1ccc(O)cc1)CN3C. The second-order valence-electron chi connectivity index (χ2n) is 6.11. The Bertz CT molecular complexity index is 936. The molecule has 116 valence electrons. The third-order valence-electron chi connectivity index (χ3n) is 4.50. The Labute approximate surface area is 134 Å². The van der Waals surface area contributed by atoms with E-state index in [2.05, 4.69) is 16.0 Å². The van der Waals surface area contributed by atoms with E-state index in [9.17, 15) is 10.2 Å². The lowest BCUT2D eigenvalue weighted by molar-refractivity contribution is 0.475. The summed E-state index contributed by atoms with van der Waals surface area (Å²) in [5, 5.41) is 20.8. The second-order valence-corrected chi connectivity index (χ2v) is 6.11. The summed E-state index contributed by atoms with van der Waals surface area (Å²) in [7, 11) is 2.03. The number of benzene rings is 2. The fourth-order valence-corrected chi connectivity index (χ4v) is 3.23. The van der Waals surface area contributed by atoms with Crippen molar-refractivity contribution >= 4 is 28.4 Å². The average Bonchev–Trinajstić information content (AvgIpc) is 2.91. The fourth-order valence-electron chi connectivity index (χ4n) is 3.23. The molecule has 3 N–H and O–H groups in total. The molecular weight excluding hydrogens is 288 g/mol. The number of aryl methyl sites for hydroxylation is 1. The minimum absolute atomic E-state index is 0.263. The fraction of sp³-hybridized carbons (Fsp3) is 0.158. The lowest BCUT2D eigenvalue weighted by atomic mass is 9.97. The summed E-state index contributed by atoms with van der Waals surface area (Å²) in [6.45, 7) is 2.68. The van der Waals surface area contributed by atoms with Crippen molar-refractivity contribution in [2.45, 2.75) is 6.92 Å². The van der Waals surface area contributed by atoms with E-state index in [1.54, 1.807) is 12.1 Å². The van der Waals surface area contributed by atoms with E-state index in [-0.39, 0.29) is 5.75 Å². The normalized spacial score (nSPS) is 14.0. The summed E-state index contributed by atoms with van der Waals surface area (Å²) in [5.41, 5.74) is 5.04. The van der Waals surface area contributed by atoms with E-state index in [1.807, 2.05) is 38.2 Å². The maximum Gasteiger partial charge on any atom is 0.128 e. The van der Waals surface area contributed by atoms with E-state index < -0.39 is 0 Å². The number of fused-ring (bicyclic) bond motifs is 3. The molecule has 4 nitrogen and oxygen atoms in total. The molecule has 0 radical (unpaired) electrons. The van der Waals surface area contributed by atoms with E-state index in [1.165, 1.54) is 0 Å². The van der Waals surface area contributed by atoms with Crippen LogP contribution in [-0.4, -0.2) is 28.8 Å². The van der Waals surface area contributed by atoms with Crippen molar-refractivity contribution in [2.75, 3.05) is 18.5 Å². The lowest BCUT2D eigenvalue weighted by Gasteiger charge is -2.25. The Morgan fingerprint density at radius 2 is 1.78 bits per heavy atom. The van der Waals surface area contributed by atoms with Gasteiger partial charge in [0.2, 0.25) is 0 Å². The molecular formula is C19H18N2O2. The molecule has 3 aromatic rings. The average molecular weight is 306 g/mol. The van der Waals surface area contributed by atoms with E-state index in [0.717, 1.165) is 45.5 Å². The largest absolute Gasteiger partial charge is 0.508 e. The molecule has 4 heteroatoms. The summed E-state index contributed by atoms with van der Waals surface area (Å²) in [4.78, 5) is 5.54. The molecule has 0 spiro atoms. The van der Waals surface area contributed by atoms with E-state index in [4.69, 9.17) is 0 Å². The van der Waals surface area contributed by atoms with Gasteiger partial charge < -0.3 is 20.1 Å². The van der Waals surface area contributed by atoms with Gasteiger partial charge in [0.1, 0.15) is 17.3 Å². The Kier molecular flexibility index (Phi) is 2.88. The van der Waals surface area contributed by atoms with Crippen LogP contribution in [0.1, 0.15) is 16.7 Å². The van der Waals surface area contributed by atoms with Crippen LogP contribution in [0.25, 0.3) is 22.6 Å². The monoisotopic (exact) mass is 306 g/mol. The number of aromatic nitrogens is 1. The highest BCUT2D eigenvalue weighted by Gasteiger charge is 2.22. The summed E-state index contributed by atoms with van der Waals surface area (Å²) < 4.78 is 0. The van der Waals surface area contributed by atoms with Crippen LogP contribution in [0, 0.1) is 6.92 Å². The first kappa shape index (κ1) is 13.8. The minimum Gasteiger partial charge on any atom is -0.508 e. The summed E-state index contributed by atoms with van der Waals surface area (Å²) in [6.07, 6.45) is 2.12. The van der Waals surface area contributed by atoms with Gasteiger partial charge >= 0.3 is 0 Å². The molecule has 2 aromatic carbocycles. The standard InChI is InChI=1S/C19H18N2O2/c1-11-3-8-16-17(18(11)23)15-9-13(10-21(2)19(15)20-16)12-4-6-14(22)7-5-12/h3-9,20,22-23H,10H2,1-2H3. The highest BCUT2D eigenvalue weighted by molar-refractivity contribution is 6.05. The molecule has 23 heavy (non-hydrogen) atoms. The molecule has 0 unspecified atom stereocenters. The van der Waals surface area contributed by atoms with Gasteiger partial charge in [-0.15, -0.1) is 0 Å². The van der Waals surface area contributed by atoms with Crippen LogP contribution >= 0.6 is 0 Å². The summed E-state index contributed by atoms with van der Waals surface area (Å²) in [6, 6.07) is 11.2. The van der Waals surface area contributed by atoms with Crippen LogP contribution in [-0.2, 0) is 0 Å². The third kappa shape index (κ3) is 2.06. The Morgan fingerprint density at radius 3 is 2.52 bits per heavy atom. The van der Waals surface area contributed by atoms with E-state index in [0.29, 0.717) is 5.75 Å². The van der Waals surface area contributed by atoms with Crippen molar-refractivity contribution in [2.24, 2.45) is 0 Å². The van der Waals surface area contributed by atoms with Crippen molar-refractivity contribution in [1.82, 2.24) is 4.98 Å². The predicted molar refractivity (Wildman–Crippen MR) is 93.9 cm³/mol. The van der Waals surface area contributed by atoms with Gasteiger partial charge in [0, 0.05) is 19.2 Å². The first-order chi connectivity index (χ1) is 11.0. The van der Waals surface area contributed by atoms with Crippen molar-refractivity contribution in [3.05, 3.63) is 53.1 Å². The van der Waals surface area contributed by atoms with Crippen molar-refractivity contribution in [1.29, 1.82) is 0 Å². The smallest absolute Gasteiger partial charge is 0.128 e. The van der Waals surface area contributed by atoms with Crippen LogP contribution in [0.5, 0.6) is 11.5 Å². The van der Waals surface area contributed by atoms with Gasteiger partial charge in [-0.25, -0.2) is 0 Å². The van der Waals surface area contributed by atoms with Gasteiger partial charge in [-0.05, 0) is 47.9 Å². The van der Waals surface area contributed by atoms with Crippen LogP contribution in [0.2, 0.25) is 0 Å². The quantitative estimate of drug-likeness (QED) is 0.639. The number of phenols is 2. The first-order valence-electron chi connectivity index (χ1n) is 7.60. The molecule has 0 saturated carbocycles. The summed E-state index contributed by atoms with van der Waals surface area (Å²) >= 11 is 0. The van der Waals surface area contributed by atoms with E-state index >= 15 is 0 Å². The topological polar surface area (TPSA) is 59.5 Å². The maximum absolute atomic E-state index is 10.5. The van der Waals surface area contributed by atoms with Gasteiger partial charge in [0.05, 0.1) is 10.9 Å². The number of hydrogen-bond acceptors (Lipinski definition) is 3. The van der Waals surface area contributed by atoms with Gasteiger partial charge in [0.25, 0.3) is 0 Å². The number of rotatable bonds is 1. The van der Waals surface area contributed by atoms with Crippen molar-refractivity contribution in [3.63, 3.8) is 0 Å². The number of phenolic OH excluding ortho intramolecular Hbond substituents is 2. The number of aromatic hydroxyl groups is 2. The molecule has 2 heterocycles. The first-order valence-corrected chi connectivity index (χ1v) is 7.60. The van der Waals surface area contributed by atoms with Crippen LogP contribution in [0.15, 0.2) is 36.4 Å². The highest BCUT2D eigenvalue weighted by atomic mass is 16.3. The number of likely N-dealkylation sites (N-methyl/N-ethyl adjacent to an activating group) is 1. The Morgan fingerprint density at radius 1 is 1.04 bits per heavy atom. The van der Waals surface area contributed by atoms with Crippen LogP contribution in [0.3, 0.4) is 0 Å². The predicted octanol–water partition coefficient (Wildman–Crippen LogP) is 3.88. The highest BCUT2D eigenvalue weighted by Crippen LogP contribution is 2.41. The number of anilines is 1. The third-order valence-corrected chi connectivity index (χ3v) is 4.50. The number of nitrogens with one attached hydrogen (secondary N) is 1. The number of hydrogen-bond donors (Lipinski definition) is 3. The van der Waals surface area contributed by atoms with Crippen LogP contribution in [0.4, 0.5) is 5.82 Å². The number of H-pyrrole nitrogens is 1. The van der Waals surface area contributed by atoms with Gasteiger partial charge in [0.15, 0.2) is 0 Å². The van der Waals surface area contributed by atoms with Gasteiger partial charge in [-0.1, -0.05) is 18.2 Å². The summed E-state index contributed by atoms with van der Waals surface area (Å²) in [5.74, 6) is 1.61. The molecule has 0 aliphatic carbocycles. The molecule has 0 bridgehead atoms. The Hall–Kier alpha value is -2.88. The van der Waals surface area contributed by atoms with Gasteiger partial charge in [-0.3, -0.25) is 0 Å². The van der Waals surface area contributed by atoms with Crippen molar-refractivity contribution in [3.8, 4) is 11.5 Å². The number of nitrogens with zero attached hydrogens (tertiary/aromatic N) is 1. The van der Waals surface area contributed by atoms with Gasteiger partial charge in [-0.2, -0.15) is 0 Å². The molecule has 1 aromatic heterocycles. The molecule has 0 atom stereocenters. The molecule has 0 amide bonds. The zero-order valence-corrected chi connectivity index (χ0v) is 13.1. The molecule has 1 aliphatic rings. The zero-order valence-electron chi connectivity index (χ0n) is 13.1. The lowest BCUT2D eigenvalue weighted by Crippen LogP contribution is -2.23. The molecule has 0 fully saturated rings. The second kappa shape index (κ2) is 4.81. The molecule has 1 aliphatic heterocycles. The minimum atomic E-state index is 0.263. The number of aromatic amines is 1. The van der Waals surface area contributed by atoms with Crippen molar-refractivity contribution < 1.29 is 10.2 Å².